The van der Waals surface area contributed by atoms with Crippen molar-refractivity contribution in [1.29, 1.82) is 5.26 Å². The van der Waals surface area contributed by atoms with Gasteiger partial charge in [0.1, 0.15) is 16.8 Å². The van der Waals surface area contributed by atoms with Crippen LogP contribution in [0.2, 0.25) is 0 Å². The summed E-state index contributed by atoms with van der Waals surface area (Å²) in [5.74, 6) is 0.212. The van der Waals surface area contributed by atoms with Crippen molar-refractivity contribution in [2.45, 2.75) is 9.92 Å². The molecule has 5 heteroatoms. The summed E-state index contributed by atoms with van der Waals surface area (Å²) in [6, 6.07) is 10.4. The van der Waals surface area contributed by atoms with Gasteiger partial charge in [-0.15, -0.1) is 5.10 Å². The molecule has 0 spiro atoms. The van der Waals surface area contributed by atoms with Gasteiger partial charge in [-0.2, -0.15) is 10.4 Å². The van der Waals surface area contributed by atoms with Crippen molar-refractivity contribution in [3.63, 3.8) is 0 Å². The molecule has 4 nitrogen and oxygen atoms in total. The van der Waals surface area contributed by atoms with Crippen LogP contribution < -0.4 is 0 Å². The number of phenolic OH excluding ortho intramolecular Hbond substituents is 1. The zero-order valence-electron chi connectivity index (χ0n) is 8.16. The van der Waals surface area contributed by atoms with Gasteiger partial charge in [0.15, 0.2) is 0 Å². The molecule has 1 aromatic heterocycles. The predicted molar refractivity (Wildman–Crippen MR) is 59.0 cm³/mol. The fraction of sp³-hybridized carbons (Fsp3) is 0. The number of hydrogen-bond acceptors (Lipinski definition) is 5. The highest BCUT2D eigenvalue weighted by molar-refractivity contribution is 7.99. The Balaban J connectivity index is 2.27. The predicted octanol–water partition coefficient (Wildman–Crippen LogP) is 2.21. The Labute approximate surface area is 96.6 Å². The largest absolute Gasteiger partial charge is 0.508 e. The van der Waals surface area contributed by atoms with Crippen molar-refractivity contribution in [2.75, 3.05) is 0 Å². The summed E-state index contributed by atoms with van der Waals surface area (Å²) >= 11 is 1.34. The lowest BCUT2D eigenvalue weighted by Gasteiger charge is -2.01. The molecule has 0 unspecified atom stereocenters. The van der Waals surface area contributed by atoms with Gasteiger partial charge in [-0.3, -0.25) is 0 Å². The van der Waals surface area contributed by atoms with E-state index in [1.165, 1.54) is 18.0 Å². The van der Waals surface area contributed by atoms with Crippen LogP contribution in [-0.4, -0.2) is 15.3 Å². The Morgan fingerprint density at radius 1 is 1.19 bits per heavy atom. The summed E-state index contributed by atoms with van der Waals surface area (Å²) in [4.78, 5) is 0.898. The first-order chi connectivity index (χ1) is 7.79. The molecule has 1 aromatic carbocycles. The Kier molecular flexibility index (Phi) is 3.03. The van der Waals surface area contributed by atoms with Gasteiger partial charge >= 0.3 is 0 Å². The summed E-state index contributed by atoms with van der Waals surface area (Å²) < 4.78 is 0. The summed E-state index contributed by atoms with van der Waals surface area (Å²) in [6.07, 6.45) is 1.49. The maximum Gasteiger partial charge on any atom is 0.141 e. The molecule has 0 bridgehead atoms. The fourth-order valence-corrected chi connectivity index (χ4v) is 1.91. The van der Waals surface area contributed by atoms with Gasteiger partial charge < -0.3 is 5.11 Å². The molecule has 0 aliphatic heterocycles. The zero-order chi connectivity index (χ0) is 11.4. The standard InChI is InChI=1S/C11H7N3OS/c12-7-8-5-6-13-14-11(8)16-10-3-1-9(15)2-4-10/h1-6,15H. The fourth-order valence-electron chi connectivity index (χ4n) is 1.11. The molecular weight excluding hydrogens is 222 g/mol. The summed E-state index contributed by atoms with van der Waals surface area (Å²) in [5, 5.41) is 26.2. The molecule has 78 valence electrons. The molecule has 2 rings (SSSR count). The zero-order valence-corrected chi connectivity index (χ0v) is 8.98. The van der Waals surface area contributed by atoms with Gasteiger partial charge in [-0.05, 0) is 30.3 Å². The van der Waals surface area contributed by atoms with Crippen LogP contribution in [0.1, 0.15) is 5.56 Å². The van der Waals surface area contributed by atoms with Gasteiger partial charge in [-0.25, -0.2) is 0 Å². The van der Waals surface area contributed by atoms with Crippen LogP contribution in [0.3, 0.4) is 0 Å². The van der Waals surface area contributed by atoms with E-state index in [9.17, 15) is 0 Å². The highest BCUT2D eigenvalue weighted by Gasteiger charge is 2.05. The molecule has 0 aliphatic rings. The molecule has 1 heterocycles. The number of aromatic nitrogens is 2. The van der Waals surface area contributed by atoms with Crippen LogP contribution in [-0.2, 0) is 0 Å². The lowest BCUT2D eigenvalue weighted by atomic mass is 10.3. The second-order valence-electron chi connectivity index (χ2n) is 2.96. The van der Waals surface area contributed by atoms with Crippen molar-refractivity contribution >= 4 is 11.8 Å². The first kappa shape index (κ1) is 10.5. The molecule has 2 aromatic rings. The van der Waals surface area contributed by atoms with Crippen molar-refractivity contribution in [2.24, 2.45) is 0 Å². The van der Waals surface area contributed by atoms with E-state index >= 15 is 0 Å². The van der Waals surface area contributed by atoms with Gasteiger partial charge in [0.2, 0.25) is 0 Å². The molecule has 0 radical (unpaired) electrons. The quantitative estimate of drug-likeness (QED) is 0.854. The van der Waals surface area contributed by atoms with Crippen molar-refractivity contribution in [1.82, 2.24) is 10.2 Å². The number of nitrogens with zero attached hydrogens (tertiary/aromatic N) is 3. The summed E-state index contributed by atoms with van der Waals surface area (Å²) in [7, 11) is 0. The van der Waals surface area contributed by atoms with Crippen LogP contribution in [0, 0.1) is 11.3 Å². The van der Waals surface area contributed by atoms with Crippen molar-refractivity contribution < 1.29 is 5.11 Å². The van der Waals surface area contributed by atoms with Gasteiger partial charge in [-0.1, -0.05) is 11.8 Å². The minimum absolute atomic E-state index is 0.212. The number of rotatable bonds is 2. The normalized spacial score (nSPS) is 9.69. The molecule has 0 saturated heterocycles. The van der Waals surface area contributed by atoms with Crippen LogP contribution in [0.4, 0.5) is 0 Å². The highest BCUT2D eigenvalue weighted by Crippen LogP contribution is 2.28. The first-order valence-corrected chi connectivity index (χ1v) is 5.30. The average Bonchev–Trinajstić information content (AvgIpc) is 2.33. The third-order valence-electron chi connectivity index (χ3n) is 1.86. The van der Waals surface area contributed by atoms with Crippen LogP contribution in [0.25, 0.3) is 0 Å². The molecule has 0 aliphatic carbocycles. The molecule has 0 fully saturated rings. The Bertz CT molecular complexity index is 534. The number of hydrogen-bond donors (Lipinski definition) is 1. The van der Waals surface area contributed by atoms with Crippen LogP contribution in [0.15, 0.2) is 46.5 Å². The van der Waals surface area contributed by atoms with E-state index in [1.807, 2.05) is 0 Å². The smallest absolute Gasteiger partial charge is 0.141 e. The second kappa shape index (κ2) is 4.64. The molecule has 1 N–H and O–H groups in total. The van der Waals surface area contributed by atoms with E-state index in [2.05, 4.69) is 16.3 Å². The third kappa shape index (κ3) is 2.30. The van der Waals surface area contributed by atoms with Gasteiger partial charge in [0.25, 0.3) is 0 Å². The Morgan fingerprint density at radius 3 is 2.62 bits per heavy atom. The SMILES string of the molecule is N#Cc1ccnnc1Sc1ccc(O)cc1. The van der Waals surface area contributed by atoms with E-state index in [1.54, 1.807) is 30.3 Å². The maximum atomic E-state index is 9.13. The average molecular weight is 229 g/mol. The first-order valence-electron chi connectivity index (χ1n) is 4.48. The summed E-state index contributed by atoms with van der Waals surface area (Å²) in [6.45, 7) is 0. The van der Waals surface area contributed by atoms with Gasteiger partial charge in [0, 0.05) is 4.90 Å². The third-order valence-corrected chi connectivity index (χ3v) is 2.86. The number of nitriles is 1. The molecule has 0 saturated carbocycles. The van der Waals surface area contributed by atoms with Crippen LogP contribution in [0.5, 0.6) is 5.75 Å². The second-order valence-corrected chi connectivity index (χ2v) is 4.02. The van der Waals surface area contributed by atoms with Crippen LogP contribution >= 0.6 is 11.8 Å². The minimum Gasteiger partial charge on any atom is -0.508 e. The lowest BCUT2D eigenvalue weighted by Crippen LogP contribution is -1.88. The topological polar surface area (TPSA) is 69.8 Å². The Morgan fingerprint density at radius 2 is 1.94 bits per heavy atom. The van der Waals surface area contributed by atoms with E-state index in [0.29, 0.717) is 10.6 Å². The number of phenols is 1. The van der Waals surface area contributed by atoms with E-state index < -0.39 is 0 Å². The highest BCUT2D eigenvalue weighted by atomic mass is 32.2. The monoisotopic (exact) mass is 229 g/mol. The minimum atomic E-state index is 0.212. The Hall–Kier alpha value is -2.06. The van der Waals surface area contributed by atoms with Crippen molar-refractivity contribution in [3.05, 3.63) is 42.1 Å². The number of aromatic hydroxyl groups is 1. The van der Waals surface area contributed by atoms with E-state index in [0.717, 1.165) is 4.90 Å². The molecule has 16 heavy (non-hydrogen) atoms. The van der Waals surface area contributed by atoms with Crippen molar-refractivity contribution in [3.8, 4) is 11.8 Å². The molecule has 0 atom stereocenters. The lowest BCUT2D eigenvalue weighted by molar-refractivity contribution is 0.475. The maximum absolute atomic E-state index is 9.13. The summed E-state index contributed by atoms with van der Waals surface area (Å²) in [5.41, 5.74) is 0.494. The number of benzene rings is 1. The van der Waals surface area contributed by atoms with E-state index in [4.69, 9.17) is 10.4 Å². The molecule has 0 amide bonds. The van der Waals surface area contributed by atoms with Gasteiger partial charge in [0.05, 0.1) is 11.8 Å². The molecular formula is C11H7N3OS. The van der Waals surface area contributed by atoms with E-state index in [-0.39, 0.29) is 5.75 Å².